The largest absolute Gasteiger partial charge is 0.395 e. The first-order valence-electron chi connectivity index (χ1n) is 6.43. The van der Waals surface area contributed by atoms with Gasteiger partial charge in [0.1, 0.15) is 0 Å². The zero-order chi connectivity index (χ0) is 14.7. The summed E-state index contributed by atoms with van der Waals surface area (Å²) in [5.74, 6) is -0.303. The Morgan fingerprint density at radius 2 is 2.25 bits per heavy atom. The number of rotatable bonds is 4. The Morgan fingerprint density at radius 1 is 1.50 bits per heavy atom. The van der Waals surface area contributed by atoms with Gasteiger partial charge < -0.3 is 11.1 Å². The lowest BCUT2D eigenvalue weighted by molar-refractivity contribution is 0.102. The molecule has 1 amide bonds. The van der Waals surface area contributed by atoms with Crippen molar-refractivity contribution in [2.75, 3.05) is 11.1 Å². The van der Waals surface area contributed by atoms with Crippen LogP contribution < -0.4 is 11.1 Å². The number of anilines is 2. The van der Waals surface area contributed by atoms with Gasteiger partial charge >= 0.3 is 0 Å². The first kappa shape index (κ1) is 14.6. The molecule has 0 aliphatic carbocycles. The van der Waals surface area contributed by atoms with Gasteiger partial charge in [-0.15, -0.1) is 0 Å². The Morgan fingerprint density at radius 3 is 2.90 bits per heavy atom. The molecule has 1 heterocycles. The number of carbonyl (C=O) groups is 1. The van der Waals surface area contributed by atoms with E-state index in [0.717, 1.165) is 34.3 Å². The highest BCUT2D eigenvalue weighted by atomic mass is 79.9. The van der Waals surface area contributed by atoms with Gasteiger partial charge in [0, 0.05) is 10.2 Å². The van der Waals surface area contributed by atoms with E-state index in [1.807, 2.05) is 32.0 Å². The summed E-state index contributed by atoms with van der Waals surface area (Å²) in [6.45, 7) is 4.01. The summed E-state index contributed by atoms with van der Waals surface area (Å²) in [5, 5.41) is 9.62. The van der Waals surface area contributed by atoms with Crippen molar-refractivity contribution in [1.82, 2.24) is 10.2 Å². The third kappa shape index (κ3) is 3.01. The third-order valence-electron chi connectivity index (χ3n) is 3.01. The van der Waals surface area contributed by atoms with Gasteiger partial charge in [-0.3, -0.25) is 9.89 Å². The molecule has 0 aliphatic heterocycles. The molecule has 0 aliphatic rings. The minimum Gasteiger partial charge on any atom is -0.395 e. The Labute approximate surface area is 126 Å². The molecule has 2 rings (SSSR count). The van der Waals surface area contributed by atoms with E-state index in [1.54, 1.807) is 0 Å². The topological polar surface area (TPSA) is 83.8 Å². The summed E-state index contributed by atoms with van der Waals surface area (Å²) in [6.07, 6.45) is 1.73. The van der Waals surface area contributed by atoms with Gasteiger partial charge in [-0.25, -0.2) is 0 Å². The Kier molecular flexibility index (Phi) is 4.44. The van der Waals surface area contributed by atoms with Crippen molar-refractivity contribution < 1.29 is 4.79 Å². The van der Waals surface area contributed by atoms with E-state index in [0.29, 0.717) is 5.69 Å². The fraction of sp³-hybridized carbons (Fsp3) is 0.286. The standard InChI is InChI=1S/C14H17BrN4O/c1-3-4-11-12(16)13(19-18-11)14(20)17-9-5-6-10(15)8(2)7-9/h5-7H,3-4,16H2,1-2H3,(H,17,20)(H,18,19). The van der Waals surface area contributed by atoms with Gasteiger partial charge in [0.15, 0.2) is 5.69 Å². The molecule has 20 heavy (non-hydrogen) atoms. The predicted molar refractivity (Wildman–Crippen MR) is 83.8 cm³/mol. The maximum absolute atomic E-state index is 12.2. The summed E-state index contributed by atoms with van der Waals surface area (Å²) in [4.78, 5) is 12.2. The van der Waals surface area contributed by atoms with E-state index in [9.17, 15) is 4.79 Å². The Bertz CT molecular complexity index is 636. The minimum absolute atomic E-state index is 0.244. The molecule has 0 spiro atoms. The summed E-state index contributed by atoms with van der Waals surface area (Å²) in [5.41, 5.74) is 9.18. The van der Waals surface area contributed by atoms with Crippen molar-refractivity contribution in [2.45, 2.75) is 26.7 Å². The zero-order valence-electron chi connectivity index (χ0n) is 11.5. The zero-order valence-corrected chi connectivity index (χ0v) is 13.0. The number of hydrogen-bond acceptors (Lipinski definition) is 3. The van der Waals surface area contributed by atoms with Gasteiger partial charge in [-0.05, 0) is 37.1 Å². The highest BCUT2D eigenvalue weighted by molar-refractivity contribution is 9.10. The molecular weight excluding hydrogens is 320 g/mol. The smallest absolute Gasteiger partial charge is 0.278 e. The number of amides is 1. The monoisotopic (exact) mass is 336 g/mol. The SMILES string of the molecule is CCCc1[nH]nc(C(=O)Nc2ccc(Br)c(C)c2)c1N. The maximum Gasteiger partial charge on any atom is 0.278 e. The molecule has 0 bridgehead atoms. The molecular formula is C14H17BrN4O. The van der Waals surface area contributed by atoms with Crippen molar-refractivity contribution in [3.05, 3.63) is 39.6 Å². The molecule has 0 unspecified atom stereocenters. The molecule has 2 aromatic rings. The normalized spacial score (nSPS) is 10.6. The molecule has 0 saturated carbocycles. The van der Waals surface area contributed by atoms with Gasteiger partial charge in [-0.1, -0.05) is 29.3 Å². The lowest BCUT2D eigenvalue weighted by Crippen LogP contribution is -2.14. The average Bonchev–Trinajstić information content (AvgIpc) is 2.76. The van der Waals surface area contributed by atoms with E-state index >= 15 is 0 Å². The highest BCUT2D eigenvalue weighted by Crippen LogP contribution is 2.21. The van der Waals surface area contributed by atoms with Gasteiger partial charge in [-0.2, -0.15) is 5.10 Å². The fourth-order valence-corrected chi connectivity index (χ4v) is 2.16. The lowest BCUT2D eigenvalue weighted by Gasteiger charge is -2.06. The number of hydrogen-bond donors (Lipinski definition) is 3. The molecule has 106 valence electrons. The van der Waals surface area contributed by atoms with Crippen LogP contribution in [0.1, 0.15) is 35.1 Å². The second-order valence-corrected chi connectivity index (χ2v) is 5.49. The molecule has 6 heteroatoms. The number of nitrogen functional groups attached to an aromatic ring is 1. The van der Waals surface area contributed by atoms with E-state index in [4.69, 9.17) is 5.73 Å². The highest BCUT2D eigenvalue weighted by Gasteiger charge is 2.17. The molecule has 1 aromatic carbocycles. The van der Waals surface area contributed by atoms with Crippen LogP contribution in [0.15, 0.2) is 22.7 Å². The predicted octanol–water partition coefficient (Wildman–Crippen LogP) is 3.27. The number of aryl methyl sites for hydroxylation is 2. The van der Waals surface area contributed by atoms with Crippen LogP contribution in [-0.2, 0) is 6.42 Å². The maximum atomic E-state index is 12.2. The quantitative estimate of drug-likeness (QED) is 0.801. The van der Waals surface area contributed by atoms with Crippen molar-refractivity contribution in [3.8, 4) is 0 Å². The Hall–Kier alpha value is -1.82. The first-order valence-corrected chi connectivity index (χ1v) is 7.22. The van der Waals surface area contributed by atoms with Crippen molar-refractivity contribution in [2.24, 2.45) is 0 Å². The van der Waals surface area contributed by atoms with Crippen LogP contribution in [0.2, 0.25) is 0 Å². The molecule has 4 N–H and O–H groups in total. The summed E-state index contributed by atoms with van der Waals surface area (Å²) < 4.78 is 1.00. The number of nitrogens with one attached hydrogen (secondary N) is 2. The van der Waals surface area contributed by atoms with E-state index in [-0.39, 0.29) is 11.6 Å². The van der Waals surface area contributed by atoms with Crippen LogP contribution in [0.4, 0.5) is 11.4 Å². The summed E-state index contributed by atoms with van der Waals surface area (Å²) >= 11 is 3.42. The van der Waals surface area contributed by atoms with Crippen LogP contribution in [0.25, 0.3) is 0 Å². The minimum atomic E-state index is -0.303. The first-order chi connectivity index (χ1) is 9.52. The molecule has 0 fully saturated rings. The molecule has 1 aromatic heterocycles. The number of nitrogens with zero attached hydrogens (tertiary/aromatic N) is 1. The summed E-state index contributed by atoms with van der Waals surface area (Å²) in [7, 11) is 0. The van der Waals surface area contributed by atoms with E-state index < -0.39 is 0 Å². The molecule has 0 radical (unpaired) electrons. The second kappa shape index (κ2) is 6.09. The van der Waals surface area contributed by atoms with Gasteiger partial charge in [0.25, 0.3) is 5.91 Å². The van der Waals surface area contributed by atoms with Gasteiger partial charge in [0.2, 0.25) is 0 Å². The second-order valence-electron chi connectivity index (χ2n) is 4.63. The molecule has 0 atom stereocenters. The van der Waals surface area contributed by atoms with E-state index in [2.05, 4.69) is 31.4 Å². The number of carbonyl (C=O) groups excluding carboxylic acids is 1. The van der Waals surface area contributed by atoms with E-state index in [1.165, 1.54) is 0 Å². The number of aromatic nitrogens is 2. The van der Waals surface area contributed by atoms with Crippen LogP contribution in [0.3, 0.4) is 0 Å². The average molecular weight is 337 g/mol. The van der Waals surface area contributed by atoms with Crippen LogP contribution in [-0.4, -0.2) is 16.1 Å². The Balaban J connectivity index is 2.17. The molecule has 0 saturated heterocycles. The number of halogens is 1. The number of H-pyrrole nitrogens is 1. The lowest BCUT2D eigenvalue weighted by atomic mass is 10.2. The molecule has 5 nitrogen and oxygen atoms in total. The van der Waals surface area contributed by atoms with Crippen molar-refractivity contribution in [3.63, 3.8) is 0 Å². The summed E-state index contributed by atoms with van der Waals surface area (Å²) in [6, 6.07) is 5.60. The third-order valence-corrected chi connectivity index (χ3v) is 3.90. The number of aromatic amines is 1. The van der Waals surface area contributed by atoms with Crippen molar-refractivity contribution in [1.29, 1.82) is 0 Å². The number of nitrogens with two attached hydrogens (primary N) is 1. The van der Waals surface area contributed by atoms with Gasteiger partial charge in [0.05, 0.1) is 11.4 Å². The van der Waals surface area contributed by atoms with Crippen molar-refractivity contribution >= 4 is 33.2 Å². The fourth-order valence-electron chi connectivity index (χ4n) is 1.91. The van der Waals surface area contributed by atoms with Crippen LogP contribution in [0, 0.1) is 6.92 Å². The number of benzene rings is 1. The van der Waals surface area contributed by atoms with Crippen LogP contribution in [0.5, 0.6) is 0 Å². The van der Waals surface area contributed by atoms with Crippen LogP contribution >= 0.6 is 15.9 Å².